The lowest BCUT2D eigenvalue weighted by atomic mass is 9.98. The summed E-state index contributed by atoms with van der Waals surface area (Å²) in [5.41, 5.74) is 6.34. The van der Waals surface area contributed by atoms with E-state index in [2.05, 4.69) is 91.5 Å². The zero-order valence-electron chi connectivity index (χ0n) is 16.8. The Morgan fingerprint density at radius 2 is 1.75 bits per heavy atom. The van der Waals surface area contributed by atoms with Gasteiger partial charge in [0.2, 0.25) is 0 Å². The van der Waals surface area contributed by atoms with Crippen LogP contribution >= 0.6 is 11.3 Å². The van der Waals surface area contributed by atoms with E-state index in [4.69, 9.17) is 4.98 Å². The summed E-state index contributed by atoms with van der Waals surface area (Å²) >= 11 is 1.69. The smallest absolute Gasteiger partial charge is 0.141 e. The van der Waals surface area contributed by atoms with Gasteiger partial charge in [-0.25, -0.2) is 9.97 Å². The summed E-state index contributed by atoms with van der Waals surface area (Å²) in [5.74, 6) is 1.01. The van der Waals surface area contributed by atoms with E-state index in [0.717, 1.165) is 22.6 Å². The van der Waals surface area contributed by atoms with E-state index in [1.165, 1.54) is 27.8 Å². The molecule has 4 rings (SSSR count). The summed E-state index contributed by atoms with van der Waals surface area (Å²) in [6, 6.07) is 17.6. The SMILES string of the molecule is Cc1ccc(-c2csc3ncnc(N(Cc4ccccc4)C(C)C)c23)c(C)c1. The van der Waals surface area contributed by atoms with Crippen LogP contribution < -0.4 is 4.90 Å². The first-order valence-corrected chi connectivity index (χ1v) is 10.5. The molecule has 0 N–H and O–H groups in total. The molecule has 28 heavy (non-hydrogen) atoms. The first-order valence-electron chi connectivity index (χ1n) is 9.65. The van der Waals surface area contributed by atoms with Gasteiger partial charge in [0.15, 0.2) is 0 Å². The molecule has 0 aliphatic carbocycles. The second kappa shape index (κ2) is 7.72. The maximum atomic E-state index is 4.75. The molecule has 4 heteroatoms. The molecule has 0 amide bonds. The molecule has 0 unspecified atom stereocenters. The number of aromatic nitrogens is 2. The van der Waals surface area contributed by atoms with Crippen LogP contribution in [0.2, 0.25) is 0 Å². The third-order valence-corrected chi connectivity index (χ3v) is 6.00. The molecule has 0 radical (unpaired) electrons. The number of thiophene rings is 1. The summed E-state index contributed by atoms with van der Waals surface area (Å²) in [6.07, 6.45) is 1.69. The van der Waals surface area contributed by atoms with Gasteiger partial charge in [0, 0.05) is 23.5 Å². The number of nitrogens with zero attached hydrogens (tertiary/aromatic N) is 3. The Kier molecular flexibility index (Phi) is 5.14. The van der Waals surface area contributed by atoms with Crippen molar-refractivity contribution in [3.63, 3.8) is 0 Å². The van der Waals surface area contributed by atoms with Gasteiger partial charge in [-0.1, -0.05) is 54.1 Å². The van der Waals surface area contributed by atoms with Gasteiger partial charge in [0.1, 0.15) is 17.0 Å². The number of hydrogen-bond donors (Lipinski definition) is 0. The number of aryl methyl sites for hydroxylation is 2. The summed E-state index contributed by atoms with van der Waals surface area (Å²) in [4.78, 5) is 12.7. The Hall–Kier alpha value is -2.72. The number of fused-ring (bicyclic) bond motifs is 1. The van der Waals surface area contributed by atoms with Crippen molar-refractivity contribution in [3.05, 3.63) is 76.9 Å². The van der Waals surface area contributed by atoms with Crippen molar-refractivity contribution < 1.29 is 0 Å². The van der Waals surface area contributed by atoms with E-state index < -0.39 is 0 Å². The van der Waals surface area contributed by atoms with Gasteiger partial charge in [0.05, 0.1) is 5.39 Å². The fourth-order valence-corrected chi connectivity index (χ4v) is 4.57. The molecule has 0 aliphatic heterocycles. The summed E-state index contributed by atoms with van der Waals surface area (Å²) in [5, 5.41) is 3.38. The Morgan fingerprint density at radius 1 is 0.964 bits per heavy atom. The Labute approximate surface area is 170 Å². The standard InChI is InChI=1S/C24H25N3S/c1-16(2)27(13-19-8-6-5-7-9-19)23-22-21(14-28-24(22)26-15-25-23)20-11-10-17(3)12-18(20)4/h5-12,14-16H,13H2,1-4H3. The summed E-state index contributed by atoms with van der Waals surface area (Å²) in [6.45, 7) is 9.59. The summed E-state index contributed by atoms with van der Waals surface area (Å²) < 4.78 is 0. The van der Waals surface area contributed by atoms with Gasteiger partial charge >= 0.3 is 0 Å². The molecular weight excluding hydrogens is 362 g/mol. The van der Waals surface area contributed by atoms with E-state index in [1.807, 2.05) is 0 Å². The van der Waals surface area contributed by atoms with Crippen LogP contribution in [0.4, 0.5) is 5.82 Å². The number of hydrogen-bond acceptors (Lipinski definition) is 4. The number of benzene rings is 2. The molecule has 0 saturated heterocycles. The molecule has 4 aromatic rings. The van der Waals surface area contributed by atoms with Crippen LogP contribution in [-0.2, 0) is 6.54 Å². The lowest BCUT2D eigenvalue weighted by molar-refractivity contribution is 0.675. The molecule has 2 aromatic carbocycles. The fraction of sp³-hybridized carbons (Fsp3) is 0.250. The van der Waals surface area contributed by atoms with E-state index in [0.29, 0.717) is 6.04 Å². The van der Waals surface area contributed by atoms with E-state index in [1.54, 1.807) is 17.7 Å². The topological polar surface area (TPSA) is 29.0 Å². The third-order valence-electron chi connectivity index (χ3n) is 5.11. The van der Waals surface area contributed by atoms with Crippen LogP contribution in [-0.4, -0.2) is 16.0 Å². The molecule has 0 bridgehead atoms. The molecule has 2 heterocycles. The normalized spacial score (nSPS) is 11.3. The van der Waals surface area contributed by atoms with Gasteiger partial charge in [0.25, 0.3) is 0 Å². The first kappa shape index (κ1) is 18.6. The van der Waals surface area contributed by atoms with E-state index in [-0.39, 0.29) is 0 Å². The van der Waals surface area contributed by atoms with Crippen molar-refractivity contribution >= 4 is 27.4 Å². The van der Waals surface area contributed by atoms with Gasteiger partial charge < -0.3 is 4.90 Å². The van der Waals surface area contributed by atoms with Crippen LogP contribution in [0.15, 0.2) is 60.2 Å². The lowest BCUT2D eigenvalue weighted by Gasteiger charge is -2.29. The largest absolute Gasteiger partial charge is 0.349 e. The number of rotatable bonds is 5. The maximum Gasteiger partial charge on any atom is 0.141 e. The second-order valence-electron chi connectivity index (χ2n) is 7.55. The first-order chi connectivity index (χ1) is 13.5. The third kappa shape index (κ3) is 3.52. The predicted molar refractivity (Wildman–Crippen MR) is 120 cm³/mol. The minimum absolute atomic E-state index is 0.324. The van der Waals surface area contributed by atoms with Crippen molar-refractivity contribution in [2.45, 2.75) is 40.3 Å². The van der Waals surface area contributed by atoms with Crippen LogP contribution in [0.25, 0.3) is 21.3 Å². The maximum absolute atomic E-state index is 4.75. The van der Waals surface area contributed by atoms with E-state index >= 15 is 0 Å². The molecule has 3 nitrogen and oxygen atoms in total. The second-order valence-corrected chi connectivity index (χ2v) is 8.41. The lowest BCUT2D eigenvalue weighted by Crippen LogP contribution is -2.31. The zero-order chi connectivity index (χ0) is 19.7. The van der Waals surface area contributed by atoms with Crippen LogP contribution in [0, 0.1) is 13.8 Å². The monoisotopic (exact) mass is 387 g/mol. The van der Waals surface area contributed by atoms with Crippen molar-refractivity contribution in [2.24, 2.45) is 0 Å². The molecule has 0 aliphatic rings. The minimum Gasteiger partial charge on any atom is -0.349 e. The predicted octanol–water partition coefficient (Wildman–Crippen LogP) is 6.39. The fourth-order valence-electron chi connectivity index (χ4n) is 3.67. The van der Waals surface area contributed by atoms with Crippen molar-refractivity contribution in [2.75, 3.05) is 4.90 Å². The van der Waals surface area contributed by atoms with E-state index in [9.17, 15) is 0 Å². The molecule has 0 saturated carbocycles. The minimum atomic E-state index is 0.324. The van der Waals surface area contributed by atoms with Gasteiger partial charge in [-0.3, -0.25) is 0 Å². The van der Waals surface area contributed by atoms with Crippen LogP contribution in [0.1, 0.15) is 30.5 Å². The highest BCUT2D eigenvalue weighted by Gasteiger charge is 2.21. The van der Waals surface area contributed by atoms with Crippen molar-refractivity contribution in [3.8, 4) is 11.1 Å². The number of anilines is 1. The molecule has 142 valence electrons. The van der Waals surface area contributed by atoms with Crippen LogP contribution in [0.5, 0.6) is 0 Å². The van der Waals surface area contributed by atoms with Crippen LogP contribution in [0.3, 0.4) is 0 Å². The zero-order valence-corrected chi connectivity index (χ0v) is 17.6. The van der Waals surface area contributed by atoms with Crippen molar-refractivity contribution in [1.82, 2.24) is 9.97 Å². The highest BCUT2D eigenvalue weighted by molar-refractivity contribution is 7.17. The molecule has 2 aromatic heterocycles. The molecule has 0 spiro atoms. The van der Waals surface area contributed by atoms with Crippen molar-refractivity contribution in [1.29, 1.82) is 0 Å². The van der Waals surface area contributed by atoms with Gasteiger partial charge in [-0.15, -0.1) is 11.3 Å². The Morgan fingerprint density at radius 3 is 2.46 bits per heavy atom. The quantitative estimate of drug-likeness (QED) is 0.397. The Balaban J connectivity index is 1.87. The van der Waals surface area contributed by atoms with Gasteiger partial charge in [-0.05, 0) is 44.4 Å². The summed E-state index contributed by atoms with van der Waals surface area (Å²) in [7, 11) is 0. The molecular formula is C24H25N3S. The molecule has 0 atom stereocenters. The highest BCUT2D eigenvalue weighted by Crippen LogP contribution is 2.40. The Bertz CT molecular complexity index is 1100. The van der Waals surface area contributed by atoms with Gasteiger partial charge in [-0.2, -0.15) is 0 Å². The average Bonchev–Trinajstić information content (AvgIpc) is 3.11. The average molecular weight is 388 g/mol. The highest BCUT2D eigenvalue weighted by atomic mass is 32.1. The molecule has 0 fully saturated rings.